The van der Waals surface area contributed by atoms with E-state index in [2.05, 4.69) is 36.7 Å². The molecule has 0 aliphatic carbocycles. The van der Waals surface area contributed by atoms with Gasteiger partial charge in [-0.05, 0) is 121 Å². The first-order chi connectivity index (χ1) is 49.3. The van der Waals surface area contributed by atoms with Gasteiger partial charge in [0.15, 0.2) is 29.4 Å². The second-order valence-corrected chi connectivity index (χ2v) is 29.0. The maximum Gasteiger partial charge on any atom is 0.373 e. The minimum Gasteiger partial charge on any atom is -0.508 e. The molecule has 5 unspecified atom stereocenters. The molecule has 1 saturated heterocycles. The average Bonchev–Trinajstić information content (AvgIpc) is 0.781. The Balaban J connectivity index is 0.00000211. The molecule has 1 fully saturated rings. The third-order valence-corrected chi connectivity index (χ3v) is 18.8. The molecular weight excluding hydrogens is 1410 g/mol. The summed E-state index contributed by atoms with van der Waals surface area (Å²) in [5.41, 5.74) is 10.3. The van der Waals surface area contributed by atoms with Crippen LogP contribution in [-0.2, 0) is 59.2 Å². The molecule has 0 radical (unpaired) electrons. The van der Waals surface area contributed by atoms with Crippen molar-refractivity contribution in [3.05, 3.63) is 117 Å². The quantitative estimate of drug-likeness (QED) is 0.0597. The number of ketones is 3. The third kappa shape index (κ3) is 20.7. The summed E-state index contributed by atoms with van der Waals surface area (Å²) in [6, 6.07) is 11.9. The van der Waals surface area contributed by atoms with Gasteiger partial charge in [0, 0.05) is 73.2 Å². The Labute approximate surface area is 615 Å². The molecular formula is C74H91Cl2N5O24. The number of aliphatic hydroxyl groups excluding tert-OH is 7. The van der Waals surface area contributed by atoms with Crippen LogP contribution in [0, 0.1) is 29.6 Å². The molecule has 31 heteroatoms. The molecule has 17 N–H and O–H groups in total. The number of halogens is 2. The number of hydrogen-bond acceptors (Lipinski definition) is 25. The average molecular weight is 1510 g/mol. The molecule has 11 bridgehead atoms. The van der Waals surface area contributed by atoms with Crippen molar-refractivity contribution in [2.75, 3.05) is 6.61 Å². The van der Waals surface area contributed by atoms with Gasteiger partial charge in [0.1, 0.15) is 83.2 Å². The lowest BCUT2D eigenvalue weighted by atomic mass is 9.80. The van der Waals surface area contributed by atoms with Crippen LogP contribution in [0.3, 0.4) is 0 Å². The van der Waals surface area contributed by atoms with Crippen molar-refractivity contribution in [3.8, 4) is 57.1 Å². The van der Waals surface area contributed by atoms with E-state index in [4.69, 9.17) is 67.9 Å². The minimum absolute atomic E-state index is 0.00113. The Morgan fingerprint density at radius 2 is 1.31 bits per heavy atom. The lowest BCUT2D eigenvalue weighted by molar-refractivity contribution is -0.277. The van der Waals surface area contributed by atoms with Crippen LogP contribution in [0.5, 0.6) is 46.0 Å². The largest absolute Gasteiger partial charge is 0.508 e. The number of aromatic hydroxyl groups is 3. The number of Topliss-reactive ketones (excluding diaryl/α,β-unsaturated/α-hetero) is 3. The number of rotatable bonds is 15. The second kappa shape index (κ2) is 36.1. The predicted octanol–water partition coefficient (Wildman–Crippen LogP) is 5.70. The number of phenols is 3. The van der Waals surface area contributed by atoms with E-state index in [1.807, 2.05) is 13.8 Å². The van der Waals surface area contributed by atoms with Crippen LogP contribution in [0.2, 0.25) is 10.0 Å². The third-order valence-electron chi connectivity index (χ3n) is 18.2. The van der Waals surface area contributed by atoms with E-state index in [1.54, 1.807) is 6.92 Å². The minimum atomic E-state index is -2.17. The zero-order chi connectivity index (χ0) is 78.0. The highest BCUT2D eigenvalue weighted by Gasteiger charge is 2.47. The Kier molecular flexibility index (Phi) is 28.7. The number of hydrogen-bond donors (Lipinski definition) is 15. The van der Waals surface area contributed by atoms with Crippen molar-refractivity contribution in [1.29, 1.82) is 0 Å². The molecule has 11 rings (SSSR count). The first-order valence-corrected chi connectivity index (χ1v) is 34.8. The first-order valence-electron chi connectivity index (χ1n) is 34.0. The molecule has 6 aliphatic rings. The summed E-state index contributed by atoms with van der Waals surface area (Å²) >= 11 is 14.2. The monoisotopic (exact) mass is 1500 g/mol. The number of fused-ring (bicyclic) bond motifs is 15. The molecule has 0 spiro atoms. The summed E-state index contributed by atoms with van der Waals surface area (Å²) in [6.07, 6.45) is -20.4. The van der Waals surface area contributed by atoms with Crippen LogP contribution in [0.15, 0.2) is 78.9 Å². The lowest BCUT2D eigenvalue weighted by Gasteiger charge is -2.44. The van der Waals surface area contributed by atoms with Gasteiger partial charge >= 0.3 is 6.15 Å². The van der Waals surface area contributed by atoms with Crippen molar-refractivity contribution in [2.24, 2.45) is 41.1 Å². The molecule has 0 saturated carbocycles. The number of carbonyl (C=O) groups excluding carboxylic acids is 9. The number of carbonyl (C=O) groups is 7. The smallest absolute Gasteiger partial charge is 0.373 e. The van der Waals surface area contributed by atoms with Crippen LogP contribution in [0.1, 0.15) is 153 Å². The van der Waals surface area contributed by atoms with Gasteiger partial charge in [-0.25, -0.2) is 0 Å². The Bertz CT molecular complexity index is 4030. The van der Waals surface area contributed by atoms with Gasteiger partial charge in [-0.15, -0.1) is 0 Å². The fourth-order valence-electron chi connectivity index (χ4n) is 12.9. The summed E-state index contributed by atoms with van der Waals surface area (Å²) in [5, 5.41) is 121. The van der Waals surface area contributed by atoms with Gasteiger partial charge in [-0.1, -0.05) is 82.9 Å². The van der Waals surface area contributed by atoms with Crippen LogP contribution in [0.4, 0.5) is 0 Å². The standard InChI is InChI=1S/C69H81Cl2N5O22.C4H10.CO2/c1-28(2)13-29(3)66(91)76-58-47(82)18-36(21-54(72)85)67(92)75-57-35-19-52(64(53(20-35)97-51-12-9-34(60(58)87)17-43(51)71)95-30(4)63(62(89)61(88)49(84)27-77)98-55-25-69(6,73)65(90)31(5)94-55)96-50-11-8-33(16-42(50)70)59(86)41-24-45(80)39(23-48(57)83)32-7-10-44(79)40(15-32)56-37(26-74-68(41)93)14-38(78)22-46(56)81;1-4(2)3;2-1-3/h7-12,14-17,19-20,22,28-31,36,39,41,49,55,57-63,65,77-79,81,84,86-90H,13,18,21,23-27,73H2,1-6H3,(H2,72,85)(H,74,93)(H,75,92)(H,76,91);4H,1-3H3;/t29-,30-,31+,36+,39+,41+,49?,55?,57-,58+,59-,60-,61?,62+,63?,65-,69?;;/m1../s1. The Morgan fingerprint density at radius 3 is 1.87 bits per heavy atom. The molecule has 0 aromatic heterocycles. The normalized spacial score (nSPS) is 25.1. The van der Waals surface area contributed by atoms with Gasteiger partial charge in [0.05, 0.1) is 46.8 Å². The van der Waals surface area contributed by atoms with E-state index >= 15 is 14.4 Å². The van der Waals surface area contributed by atoms with Gasteiger partial charge in [-0.3, -0.25) is 33.6 Å². The van der Waals surface area contributed by atoms with E-state index < -0.39 is 217 Å². The highest BCUT2D eigenvalue weighted by atomic mass is 35.5. The number of primary amides is 1. The molecule has 570 valence electrons. The molecule has 17 atom stereocenters. The number of phenolic OH excluding ortho intramolecular Hbond substituents is 3. The Morgan fingerprint density at radius 1 is 0.733 bits per heavy atom. The number of benzene rings is 5. The topological polar surface area (TPSA) is 490 Å². The zero-order valence-electron chi connectivity index (χ0n) is 59.2. The van der Waals surface area contributed by atoms with Crippen LogP contribution in [-0.4, -0.2) is 165 Å². The number of nitrogens with one attached hydrogen (secondary N) is 3. The summed E-state index contributed by atoms with van der Waals surface area (Å²) in [7, 11) is 0. The zero-order valence-corrected chi connectivity index (χ0v) is 60.7. The van der Waals surface area contributed by atoms with Crippen molar-refractivity contribution in [3.63, 3.8) is 0 Å². The van der Waals surface area contributed by atoms with E-state index in [0.29, 0.717) is 6.42 Å². The van der Waals surface area contributed by atoms with Gasteiger partial charge < -0.3 is 102 Å². The van der Waals surface area contributed by atoms with Gasteiger partial charge in [0.2, 0.25) is 29.4 Å². The first kappa shape index (κ1) is 83.6. The van der Waals surface area contributed by atoms with E-state index in [9.17, 15) is 70.2 Å². The van der Waals surface area contributed by atoms with Crippen molar-refractivity contribution in [1.82, 2.24) is 16.0 Å². The predicted molar refractivity (Wildman–Crippen MR) is 375 cm³/mol. The van der Waals surface area contributed by atoms with Crippen molar-refractivity contribution >= 4 is 70.3 Å². The molecule has 29 nitrogen and oxygen atoms in total. The second-order valence-electron chi connectivity index (χ2n) is 28.2. The fraction of sp³-hybridized carbons (Fsp3) is 0.486. The number of ether oxygens (including phenoxy) is 5. The fourth-order valence-corrected chi connectivity index (χ4v) is 13.4. The molecule has 5 aromatic rings. The van der Waals surface area contributed by atoms with Gasteiger partial charge in [0.25, 0.3) is 0 Å². The highest BCUT2D eigenvalue weighted by Crippen LogP contribution is 2.50. The molecule has 6 heterocycles. The summed E-state index contributed by atoms with van der Waals surface area (Å²) < 4.78 is 32.4. The molecule has 6 aliphatic heterocycles. The van der Waals surface area contributed by atoms with Gasteiger partial charge in [-0.2, -0.15) is 9.59 Å². The summed E-state index contributed by atoms with van der Waals surface area (Å²) in [6.45, 7) is 14.7. The Hall–Kier alpha value is -8.65. The lowest BCUT2D eigenvalue weighted by Crippen LogP contribution is -2.62. The summed E-state index contributed by atoms with van der Waals surface area (Å²) in [4.78, 5) is 120. The van der Waals surface area contributed by atoms with Crippen molar-refractivity contribution in [2.45, 2.75) is 192 Å². The van der Waals surface area contributed by atoms with E-state index in [-0.39, 0.29) is 79.0 Å². The maximum atomic E-state index is 16.1. The van der Waals surface area contributed by atoms with E-state index in [1.165, 1.54) is 81.4 Å². The number of aliphatic hydroxyl groups is 7. The number of nitrogens with two attached hydrogens (primary N) is 2. The van der Waals surface area contributed by atoms with Crippen molar-refractivity contribution < 1.29 is 118 Å². The number of amides is 4. The maximum absolute atomic E-state index is 16.1. The SMILES string of the molecule is CC(C)C.CC(C)C[C@@H](C)C(=O)N[C@H]1C(=O)C[C@@H](CC(N)=O)C(=O)N[C@H]2C(=O)C[C@@H]3C(=O)C[C@H](C(=O)NCc4cc(O)cc(O)c4-c4cc3ccc4O)[C@H](O)c3ccc(c(Cl)c3)Oc3cc2cc(c3O[C@H](C)C(OC2CC(C)(N)[C@H](O)[C@H](C)O2)[C@@H](O)C(O)C(O)CO)Oc2ccc(cc2Cl)[C@H]1O.O=C=O. The summed E-state index contributed by atoms with van der Waals surface area (Å²) in [5.74, 6) is -15.4. The van der Waals surface area contributed by atoms with Crippen LogP contribution >= 0.6 is 23.2 Å². The highest BCUT2D eigenvalue weighted by molar-refractivity contribution is 6.32. The molecule has 5 aromatic carbocycles. The molecule has 105 heavy (non-hydrogen) atoms. The molecule has 4 amide bonds. The van der Waals surface area contributed by atoms with Crippen LogP contribution in [0.25, 0.3) is 11.1 Å². The van der Waals surface area contributed by atoms with Crippen LogP contribution < -0.4 is 41.6 Å². The van der Waals surface area contributed by atoms with E-state index in [0.717, 1.165) is 24.1 Å².